The fourth-order valence-corrected chi connectivity index (χ4v) is 1.68. The Morgan fingerprint density at radius 1 is 1.46 bits per heavy atom. The van der Waals surface area contributed by atoms with Crippen molar-refractivity contribution in [3.63, 3.8) is 0 Å². The zero-order valence-electron chi connectivity index (χ0n) is 7.35. The molecule has 0 spiro atoms. The van der Waals surface area contributed by atoms with Gasteiger partial charge in [-0.1, -0.05) is 0 Å². The van der Waals surface area contributed by atoms with Crippen molar-refractivity contribution < 1.29 is 5.11 Å². The van der Waals surface area contributed by atoms with Crippen LogP contribution in [0.2, 0.25) is 0 Å². The minimum atomic E-state index is -0.469. The van der Waals surface area contributed by atoms with Gasteiger partial charge in [-0.15, -0.1) is 0 Å². The number of hydrogen-bond donors (Lipinski definition) is 2. The van der Waals surface area contributed by atoms with Gasteiger partial charge >= 0.3 is 0 Å². The Hall–Kier alpha value is -1.00. The predicted octanol–water partition coefficient (Wildman–Crippen LogP) is 0.262. The van der Waals surface area contributed by atoms with E-state index in [0.29, 0.717) is 0 Å². The molecule has 1 aliphatic rings. The summed E-state index contributed by atoms with van der Waals surface area (Å²) in [6, 6.07) is 0.172. The van der Waals surface area contributed by atoms with Gasteiger partial charge in [0.1, 0.15) is 6.33 Å². The minimum absolute atomic E-state index is 0.172. The van der Waals surface area contributed by atoms with Gasteiger partial charge in [-0.25, -0.2) is 9.97 Å². The first kappa shape index (κ1) is 8.59. The van der Waals surface area contributed by atoms with Crippen LogP contribution in [0, 0.1) is 0 Å². The van der Waals surface area contributed by atoms with Crippen LogP contribution < -0.4 is 5.32 Å². The Bertz CT molecular complexity index is 259. The van der Waals surface area contributed by atoms with E-state index in [1.165, 1.54) is 6.33 Å². The van der Waals surface area contributed by atoms with Crippen LogP contribution in [0.5, 0.6) is 0 Å². The standard InChI is InChI=1S/C9H13N3O/c13-9(8-2-1-3-12-8)7-4-10-6-11-5-7/h4-6,8-9,12-13H,1-3H2/t8-,9+/m1/s1. The SMILES string of the molecule is O[C@@H](c1cncnc1)[C@H]1CCCN1. The van der Waals surface area contributed by atoms with Crippen molar-refractivity contribution in [1.29, 1.82) is 0 Å². The maximum Gasteiger partial charge on any atom is 0.115 e. The third kappa shape index (κ3) is 1.84. The summed E-state index contributed by atoms with van der Waals surface area (Å²) in [5, 5.41) is 13.1. The van der Waals surface area contributed by atoms with Crippen LogP contribution in [0.1, 0.15) is 24.5 Å². The highest BCUT2D eigenvalue weighted by atomic mass is 16.3. The molecule has 2 rings (SSSR count). The number of rotatable bonds is 2. The third-order valence-corrected chi connectivity index (χ3v) is 2.40. The van der Waals surface area contributed by atoms with Crippen LogP contribution in [-0.4, -0.2) is 27.7 Å². The summed E-state index contributed by atoms with van der Waals surface area (Å²) in [5.74, 6) is 0. The zero-order chi connectivity index (χ0) is 9.10. The second kappa shape index (κ2) is 3.81. The average Bonchev–Trinajstić information content (AvgIpc) is 2.71. The molecule has 2 atom stereocenters. The van der Waals surface area contributed by atoms with E-state index in [9.17, 15) is 5.11 Å². The molecule has 2 heterocycles. The smallest absolute Gasteiger partial charge is 0.115 e. The maximum absolute atomic E-state index is 9.88. The molecule has 0 saturated carbocycles. The lowest BCUT2D eigenvalue weighted by molar-refractivity contribution is 0.136. The van der Waals surface area contributed by atoms with Crippen molar-refractivity contribution in [2.24, 2.45) is 0 Å². The summed E-state index contributed by atoms with van der Waals surface area (Å²) in [7, 11) is 0. The molecule has 1 saturated heterocycles. The van der Waals surface area contributed by atoms with Gasteiger partial charge in [0.05, 0.1) is 6.10 Å². The third-order valence-electron chi connectivity index (χ3n) is 2.40. The first-order chi connectivity index (χ1) is 6.38. The van der Waals surface area contributed by atoms with Gasteiger partial charge in [0.2, 0.25) is 0 Å². The molecular weight excluding hydrogens is 166 g/mol. The second-order valence-electron chi connectivity index (χ2n) is 3.32. The molecule has 0 unspecified atom stereocenters. The lowest BCUT2D eigenvalue weighted by Gasteiger charge is -2.17. The molecule has 0 aromatic carbocycles. The van der Waals surface area contributed by atoms with Crippen LogP contribution in [0.25, 0.3) is 0 Å². The highest BCUT2D eigenvalue weighted by Gasteiger charge is 2.23. The molecule has 2 N–H and O–H groups in total. The van der Waals surface area contributed by atoms with Crippen molar-refractivity contribution in [3.05, 3.63) is 24.3 Å². The quantitative estimate of drug-likeness (QED) is 0.684. The Labute approximate surface area is 77.0 Å². The van der Waals surface area contributed by atoms with Crippen molar-refractivity contribution >= 4 is 0 Å². The van der Waals surface area contributed by atoms with Crippen LogP contribution in [0.3, 0.4) is 0 Å². The number of aliphatic hydroxyl groups is 1. The first-order valence-corrected chi connectivity index (χ1v) is 4.54. The second-order valence-corrected chi connectivity index (χ2v) is 3.32. The van der Waals surface area contributed by atoms with E-state index in [2.05, 4.69) is 15.3 Å². The predicted molar refractivity (Wildman–Crippen MR) is 48.0 cm³/mol. The molecule has 0 bridgehead atoms. The summed E-state index contributed by atoms with van der Waals surface area (Å²) in [5.41, 5.74) is 0.793. The number of nitrogens with zero attached hydrogens (tertiary/aromatic N) is 2. The molecule has 0 amide bonds. The monoisotopic (exact) mass is 179 g/mol. The summed E-state index contributed by atoms with van der Waals surface area (Å²) >= 11 is 0. The van der Waals surface area contributed by atoms with Gasteiger partial charge in [-0.2, -0.15) is 0 Å². The number of hydrogen-bond acceptors (Lipinski definition) is 4. The van der Waals surface area contributed by atoms with Crippen LogP contribution in [0.15, 0.2) is 18.7 Å². The lowest BCUT2D eigenvalue weighted by Crippen LogP contribution is -2.28. The van der Waals surface area contributed by atoms with Gasteiger partial charge in [0, 0.05) is 24.0 Å². The molecule has 1 aromatic rings. The van der Waals surface area contributed by atoms with Gasteiger partial charge in [-0.3, -0.25) is 0 Å². The van der Waals surface area contributed by atoms with Crippen molar-refractivity contribution in [2.45, 2.75) is 25.0 Å². The first-order valence-electron chi connectivity index (χ1n) is 4.54. The normalized spacial score (nSPS) is 24.5. The molecule has 1 fully saturated rings. The van der Waals surface area contributed by atoms with Crippen LogP contribution >= 0.6 is 0 Å². The van der Waals surface area contributed by atoms with E-state index >= 15 is 0 Å². The van der Waals surface area contributed by atoms with E-state index in [4.69, 9.17) is 0 Å². The van der Waals surface area contributed by atoms with E-state index in [0.717, 1.165) is 24.9 Å². The van der Waals surface area contributed by atoms with Crippen molar-refractivity contribution in [2.75, 3.05) is 6.54 Å². The fraction of sp³-hybridized carbons (Fsp3) is 0.556. The molecular formula is C9H13N3O. The number of aromatic nitrogens is 2. The summed E-state index contributed by atoms with van der Waals surface area (Å²) < 4.78 is 0. The molecule has 13 heavy (non-hydrogen) atoms. The van der Waals surface area contributed by atoms with Gasteiger partial charge in [0.15, 0.2) is 0 Å². The summed E-state index contributed by atoms with van der Waals surface area (Å²) in [6.07, 6.45) is 6.49. The van der Waals surface area contributed by atoms with Crippen LogP contribution in [0.4, 0.5) is 0 Å². The lowest BCUT2D eigenvalue weighted by atomic mass is 10.0. The topological polar surface area (TPSA) is 58.0 Å². The van der Waals surface area contributed by atoms with Crippen LogP contribution in [-0.2, 0) is 0 Å². The van der Waals surface area contributed by atoms with Gasteiger partial charge < -0.3 is 10.4 Å². The highest BCUT2D eigenvalue weighted by molar-refractivity contribution is 5.10. The fourth-order valence-electron chi connectivity index (χ4n) is 1.68. The van der Waals surface area contributed by atoms with E-state index in [1.54, 1.807) is 12.4 Å². The molecule has 70 valence electrons. The molecule has 1 aliphatic heterocycles. The Morgan fingerprint density at radius 3 is 2.85 bits per heavy atom. The maximum atomic E-state index is 9.88. The van der Waals surface area contributed by atoms with Crippen molar-refractivity contribution in [3.8, 4) is 0 Å². The zero-order valence-corrected chi connectivity index (χ0v) is 7.35. The summed E-state index contributed by atoms with van der Waals surface area (Å²) in [6.45, 7) is 0.995. The minimum Gasteiger partial charge on any atom is -0.387 e. The van der Waals surface area contributed by atoms with E-state index in [1.807, 2.05) is 0 Å². The molecule has 4 heteroatoms. The molecule has 4 nitrogen and oxygen atoms in total. The highest BCUT2D eigenvalue weighted by Crippen LogP contribution is 2.21. The summed E-state index contributed by atoms with van der Waals surface area (Å²) in [4.78, 5) is 7.76. The average molecular weight is 179 g/mol. The molecule has 1 aromatic heterocycles. The van der Waals surface area contributed by atoms with E-state index < -0.39 is 6.10 Å². The Morgan fingerprint density at radius 2 is 2.23 bits per heavy atom. The van der Waals surface area contributed by atoms with Crippen molar-refractivity contribution in [1.82, 2.24) is 15.3 Å². The number of aliphatic hydroxyl groups excluding tert-OH is 1. The Kier molecular flexibility index (Phi) is 2.52. The van der Waals surface area contributed by atoms with Gasteiger partial charge in [0.25, 0.3) is 0 Å². The Balaban J connectivity index is 2.08. The van der Waals surface area contributed by atoms with E-state index in [-0.39, 0.29) is 6.04 Å². The molecule has 0 radical (unpaired) electrons. The largest absolute Gasteiger partial charge is 0.387 e. The van der Waals surface area contributed by atoms with Gasteiger partial charge in [-0.05, 0) is 19.4 Å². The number of nitrogens with one attached hydrogen (secondary N) is 1. The molecule has 0 aliphatic carbocycles.